The molecule has 1 N–H and O–H groups in total. The Balaban J connectivity index is 1.96. The van der Waals surface area contributed by atoms with Crippen LogP contribution in [0.25, 0.3) is 6.08 Å². The number of ether oxygens (including phenoxy) is 2. The lowest BCUT2D eigenvalue weighted by Crippen LogP contribution is -2.33. The summed E-state index contributed by atoms with van der Waals surface area (Å²) < 4.78 is 34.1. The number of nitrogens with one attached hydrogen (secondary N) is 1. The van der Waals surface area contributed by atoms with Crippen molar-refractivity contribution in [3.05, 3.63) is 59.1 Å². The van der Waals surface area contributed by atoms with Crippen LogP contribution in [0, 0.1) is 0 Å². The first kappa shape index (κ1) is 22.2. The highest BCUT2D eigenvalue weighted by Crippen LogP contribution is 2.29. The van der Waals surface area contributed by atoms with Crippen LogP contribution in [0.5, 0.6) is 11.5 Å². The van der Waals surface area contributed by atoms with Gasteiger partial charge in [-0.05, 0) is 42.0 Å². The number of likely N-dealkylation sites (N-methyl/N-ethyl adjacent to an activating group) is 1. The Morgan fingerprint density at radius 3 is 2.62 bits per heavy atom. The number of carbonyl (C=O) groups excluding carboxylic acids is 2. The Morgan fingerprint density at radius 1 is 1.21 bits per heavy atom. The van der Waals surface area contributed by atoms with Gasteiger partial charge in [0.15, 0.2) is 11.5 Å². The fraction of sp³-hybridized carbons (Fsp3) is 0.200. The molecule has 2 aromatic carbocycles. The molecular formula is C20H19ClF2N2O4. The number of methoxy groups -OCH3 is 1. The molecule has 9 heteroatoms. The van der Waals surface area contributed by atoms with Crippen LogP contribution in [0.15, 0.2) is 48.5 Å². The van der Waals surface area contributed by atoms with Crippen LogP contribution in [0.3, 0.4) is 0 Å². The average molecular weight is 425 g/mol. The van der Waals surface area contributed by atoms with Gasteiger partial charge in [0, 0.05) is 23.8 Å². The maximum atomic E-state index is 12.4. The Labute approximate surface area is 171 Å². The number of alkyl halides is 2. The van der Waals surface area contributed by atoms with Gasteiger partial charge in [-0.15, -0.1) is 0 Å². The van der Waals surface area contributed by atoms with Gasteiger partial charge in [-0.3, -0.25) is 9.59 Å². The monoisotopic (exact) mass is 424 g/mol. The van der Waals surface area contributed by atoms with Crippen molar-refractivity contribution in [2.75, 3.05) is 26.0 Å². The van der Waals surface area contributed by atoms with Crippen LogP contribution in [-0.4, -0.2) is 44.0 Å². The number of rotatable bonds is 8. The lowest BCUT2D eigenvalue weighted by atomic mass is 10.2. The van der Waals surface area contributed by atoms with E-state index in [1.807, 2.05) is 0 Å². The molecule has 0 heterocycles. The molecule has 0 bridgehead atoms. The molecular weight excluding hydrogens is 406 g/mol. The van der Waals surface area contributed by atoms with Crippen LogP contribution in [0.1, 0.15) is 5.56 Å². The number of amides is 2. The minimum absolute atomic E-state index is 0.106. The molecule has 29 heavy (non-hydrogen) atoms. The summed E-state index contributed by atoms with van der Waals surface area (Å²) in [7, 11) is 2.79. The summed E-state index contributed by atoms with van der Waals surface area (Å²) in [4.78, 5) is 25.5. The third-order valence-corrected chi connectivity index (χ3v) is 3.92. The molecule has 2 aromatic rings. The highest BCUT2D eigenvalue weighted by molar-refractivity contribution is 6.30. The van der Waals surface area contributed by atoms with E-state index < -0.39 is 12.5 Å². The Bertz CT molecular complexity index is 906. The number of carbonyl (C=O) groups is 2. The van der Waals surface area contributed by atoms with Gasteiger partial charge in [0.2, 0.25) is 11.8 Å². The molecule has 0 spiro atoms. The zero-order valence-electron chi connectivity index (χ0n) is 15.7. The number of hydrogen-bond acceptors (Lipinski definition) is 4. The molecule has 154 valence electrons. The van der Waals surface area contributed by atoms with Crippen LogP contribution in [-0.2, 0) is 9.59 Å². The normalized spacial score (nSPS) is 10.8. The average Bonchev–Trinajstić information content (AvgIpc) is 2.66. The summed E-state index contributed by atoms with van der Waals surface area (Å²) in [6.07, 6.45) is 2.73. The van der Waals surface area contributed by atoms with Crippen LogP contribution >= 0.6 is 11.6 Å². The minimum Gasteiger partial charge on any atom is -0.493 e. The second-order valence-electron chi connectivity index (χ2n) is 5.87. The van der Waals surface area contributed by atoms with Crippen molar-refractivity contribution in [2.45, 2.75) is 6.61 Å². The molecule has 0 aromatic heterocycles. The fourth-order valence-corrected chi connectivity index (χ4v) is 2.53. The van der Waals surface area contributed by atoms with Crippen molar-refractivity contribution in [3.63, 3.8) is 0 Å². The lowest BCUT2D eigenvalue weighted by molar-refractivity contribution is -0.129. The van der Waals surface area contributed by atoms with Crippen LogP contribution < -0.4 is 14.8 Å². The van der Waals surface area contributed by atoms with E-state index in [2.05, 4.69) is 10.1 Å². The van der Waals surface area contributed by atoms with E-state index in [1.165, 1.54) is 49.4 Å². The van der Waals surface area contributed by atoms with E-state index >= 15 is 0 Å². The van der Waals surface area contributed by atoms with Gasteiger partial charge in [0.05, 0.1) is 13.7 Å². The lowest BCUT2D eigenvalue weighted by Gasteiger charge is -2.15. The zero-order valence-corrected chi connectivity index (χ0v) is 16.5. The standard InChI is InChI=1S/C20H19ClF2N2O4/c1-25(12-18(26)24-15-5-3-4-14(21)11-15)19(27)9-7-13-6-8-16(29-20(22)23)17(10-13)28-2/h3-11,20H,12H2,1-2H3,(H,24,26)/b9-7+. The molecule has 2 amide bonds. The van der Waals surface area contributed by atoms with Gasteiger partial charge >= 0.3 is 6.61 Å². The molecule has 0 fully saturated rings. The zero-order chi connectivity index (χ0) is 21.4. The van der Waals surface area contributed by atoms with Gasteiger partial charge in [0.1, 0.15) is 0 Å². The number of anilines is 1. The first-order valence-electron chi connectivity index (χ1n) is 8.40. The first-order valence-corrected chi connectivity index (χ1v) is 8.77. The smallest absolute Gasteiger partial charge is 0.387 e. The molecule has 0 radical (unpaired) electrons. The number of halogens is 3. The molecule has 0 aliphatic carbocycles. The Hall–Kier alpha value is -3.13. The SMILES string of the molecule is COc1cc(/C=C/C(=O)N(C)CC(=O)Nc2cccc(Cl)c2)ccc1OC(F)F. The van der Waals surface area contributed by atoms with Gasteiger partial charge in [0.25, 0.3) is 0 Å². The molecule has 0 aliphatic heterocycles. The number of nitrogens with zero attached hydrogens (tertiary/aromatic N) is 1. The van der Waals surface area contributed by atoms with Crippen molar-refractivity contribution in [2.24, 2.45) is 0 Å². The highest BCUT2D eigenvalue weighted by atomic mass is 35.5. The van der Waals surface area contributed by atoms with Crippen molar-refractivity contribution in [1.29, 1.82) is 0 Å². The minimum atomic E-state index is -2.97. The predicted octanol–water partition coefficient (Wildman–Crippen LogP) is 4.06. The first-order chi connectivity index (χ1) is 13.8. The van der Waals surface area contributed by atoms with Gasteiger partial charge in [-0.2, -0.15) is 8.78 Å². The van der Waals surface area contributed by atoms with E-state index in [-0.39, 0.29) is 24.0 Å². The molecule has 0 atom stereocenters. The maximum Gasteiger partial charge on any atom is 0.387 e. The molecule has 0 saturated carbocycles. The largest absolute Gasteiger partial charge is 0.493 e. The van der Waals surface area contributed by atoms with E-state index in [4.69, 9.17) is 16.3 Å². The van der Waals surface area contributed by atoms with E-state index in [9.17, 15) is 18.4 Å². The number of benzene rings is 2. The highest BCUT2D eigenvalue weighted by Gasteiger charge is 2.12. The summed E-state index contributed by atoms with van der Waals surface area (Å²) in [6, 6.07) is 10.9. The topological polar surface area (TPSA) is 67.9 Å². The van der Waals surface area contributed by atoms with E-state index in [0.29, 0.717) is 16.3 Å². The van der Waals surface area contributed by atoms with E-state index in [1.54, 1.807) is 24.3 Å². The Morgan fingerprint density at radius 2 is 1.97 bits per heavy atom. The third kappa shape index (κ3) is 7.08. The van der Waals surface area contributed by atoms with Gasteiger partial charge in [-0.1, -0.05) is 23.7 Å². The third-order valence-electron chi connectivity index (χ3n) is 3.69. The summed E-state index contributed by atoms with van der Waals surface area (Å²) in [5, 5.41) is 3.13. The summed E-state index contributed by atoms with van der Waals surface area (Å²) in [5.74, 6) is -0.806. The number of hydrogen-bond donors (Lipinski definition) is 1. The van der Waals surface area contributed by atoms with E-state index in [0.717, 1.165) is 0 Å². The second-order valence-corrected chi connectivity index (χ2v) is 6.31. The second kappa shape index (κ2) is 10.4. The van der Waals surface area contributed by atoms with Crippen molar-refractivity contribution < 1.29 is 27.8 Å². The summed E-state index contributed by atoms with van der Waals surface area (Å²) in [6.45, 7) is -3.14. The fourth-order valence-electron chi connectivity index (χ4n) is 2.34. The molecule has 0 aliphatic rings. The maximum absolute atomic E-state index is 12.4. The summed E-state index contributed by atoms with van der Waals surface area (Å²) in [5.41, 5.74) is 1.06. The molecule has 2 rings (SSSR count). The van der Waals surface area contributed by atoms with Crippen LogP contribution in [0.2, 0.25) is 5.02 Å². The molecule has 0 saturated heterocycles. The van der Waals surface area contributed by atoms with Crippen molar-refractivity contribution in [1.82, 2.24) is 4.90 Å². The quantitative estimate of drug-likeness (QED) is 0.649. The van der Waals surface area contributed by atoms with Crippen molar-refractivity contribution in [3.8, 4) is 11.5 Å². The Kier molecular flexibility index (Phi) is 7.97. The molecule has 6 nitrogen and oxygen atoms in total. The van der Waals surface area contributed by atoms with Gasteiger partial charge in [-0.25, -0.2) is 0 Å². The predicted molar refractivity (Wildman–Crippen MR) is 106 cm³/mol. The molecule has 0 unspecified atom stereocenters. The van der Waals surface area contributed by atoms with Crippen molar-refractivity contribution >= 4 is 35.2 Å². The van der Waals surface area contributed by atoms with Crippen LogP contribution in [0.4, 0.5) is 14.5 Å². The summed E-state index contributed by atoms with van der Waals surface area (Å²) >= 11 is 5.86. The van der Waals surface area contributed by atoms with Gasteiger partial charge < -0.3 is 19.7 Å².